The van der Waals surface area contributed by atoms with Gasteiger partial charge in [-0.1, -0.05) is 27.7 Å². The molecule has 0 radical (unpaired) electrons. The van der Waals surface area contributed by atoms with Crippen molar-refractivity contribution in [2.75, 3.05) is 12.8 Å². The normalized spacial score (nSPS) is 9.32. The summed E-state index contributed by atoms with van der Waals surface area (Å²) in [5.41, 5.74) is 7.31. The van der Waals surface area contributed by atoms with E-state index in [0.717, 1.165) is 11.0 Å². The molecule has 0 spiro atoms. The molecular formula is C19H25N3O3. The molecule has 3 aromatic rings. The Balaban J connectivity index is 0.000000730. The molecule has 2 heterocycles. The number of aromatic amines is 1. The van der Waals surface area contributed by atoms with E-state index in [9.17, 15) is 4.79 Å². The van der Waals surface area contributed by atoms with Crippen LogP contribution >= 0.6 is 0 Å². The minimum absolute atomic E-state index is 0.306. The summed E-state index contributed by atoms with van der Waals surface area (Å²) in [6.07, 6.45) is 3.37. The van der Waals surface area contributed by atoms with E-state index in [2.05, 4.69) is 9.97 Å². The van der Waals surface area contributed by atoms with Crippen molar-refractivity contribution in [3.63, 3.8) is 0 Å². The summed E-state index contributed by atoms with van der Waals surface area (Å²) in [4.78, 5) is 19.0. The van der Waals surface area contributed by atoms with E-state index in [1.165, 1.54) is 7.11 Å². The molecule has 0 aliphatic carbocycles. The zero-order valence-electron chi connectivity index (χ0n) is 15.3. The Morgan fingerprint density at radius 2 is 1.84 bits per heavy atom. The summed E-state index contributed by atoms with van der Waals surface area (Å²) >= 11 is 0. The van der Waals surface area contributed by atoms with E-state index in [4.69, 9.17) is 15.2 Å². The van der Waals surface area contributed by atoms with Crippen LogP contribution in [0.1, 0.15) is 38.1 Å². The Kier molecular flexibility index (Phi) is 7.99. The Bertz CT molecular complexity index is 813. The number of pyridine rings is 1. The fraction of sp³-hybridized carbons (Fsp3) is 0.263. The fourth-order valence-electron chi connectivity index (χ4n) is 2.00. The lowest BCUT2D eigenvalue weighted by atomic mass is 10.2. The number of rotatable bonds is 3. The molecule has 0 bridgehead atoms. The second kappa shape index (κ2) is 9.97. The van der Waals surface area contributed by atoms with E-state index in [0.29, 0.717) is 22.7 Å². The minimum Gasteiger partial charge on any atom is -0.465 e. The van der Waals surface area contributed by atoms with Gasteiger partial charge < -0.3 is 20.2 Å². The summed E-state index contributed by atoms with van der Waals surface area (Å²) in [6.45, 7) is 8.00. The summed E-state index contributed by atoms with van der Waals surface area (Å²) in [7, 11) is 1.32. The van der Waals surface area contributed by atoms with Crippen molar-refractivity contribution in [2.24, 2.45) is 0 Å². The molecule has 1 aromatic carbocycles. The molecule has 0 amide bonds. The monoisotopic (exact) mass is 343 g/mol. The van der Waals surface area contributed by atoms with E-state index < -0.39 is 5.97 Å². The Morgan fingerprint density at radius 3 is 2.52 bits per heavy atom. The molecule has 0 unspecified atom stereocenters. The Hall–Kier alpha value is -3.02. The summed E-state index contributed by atoms with van der Waals surface area (Å²) in [5, 5.41) is 0.913. The van der Waals surface area contributed by atoms with Crippen LogP contribution in [0.4, 0.5) is 5.69 Å². The summed E-state index contributed by atoms with van der Waals surface area (Å²) in [5.74, 6) is 0.358. The average molecular weight is 343 g/mol. The highest BCUT2D eigenvalue weighted by Crippen LogP contribution is 2.29. The molecule has 0 fully saturated rings. The van der Waals surface area contributed by atoms with Gasteiger partial charge in [0.2, 0.25) is 0 Å². The number of esters is 1. The maximum Gasteiger partial charge on any atom is 0.341 e. The molecule has 134 valence electrons. The number of nitrogen functional groups attached to an aromatic ring is 1. The number of anilines is 1. The van der Waals surface area contributed by atoms with Gasteiger partial charge in [0.1, 0.15) is 22.7 Å². The highest BCUT2D eigenvalue weighted by molar-refractivity contribution is 5.93. The summed E-state index contributed by atoms with van der Waals surface area (Å²) in [6, 6.07) is 8.47. The van der Waals surface area contributed by atoms with Crippen molar-refractivity contribution >= 4 is 22.7 Å². The minimum atomic E-state index is -0.485. The van der Waals surface area contributed by atoms with Gasteiger partial charge in [-0.15, -0.1) is 0 Å². The largest absolute Gasteiger partial charge is 0.465 e. The number of nitrogens with two attached hydrogens (primary N) is 1. The van der Waals surface area contributed by atoms with Crippen LogP contribution in [0.25, 0.3) is 11.0 Å². The quantitative estimate of drug-likeness (QED) is 0.528. The van der Waals surface area contributed by atoms with Crippen LogP contribution in [-0.4, -0.2) is 23.0 Å². The first kappa shape index (κ1) is 20.0. The molecule has 0 aliphatic rings. The van der Waals surface area contributed by atoms with Crippen molar-refractivity contribution in [1.82, 2.24) is 9.97 Å². The van der Waals surface area contributed by atoms with Gasteiger partial charge in [0, 0.05) is 23.3 Å². The number of benzene rings is 1. The highest BCUT2D eigenvalue weighted by Gasteiger charge is 2.14. The second-order valence-electron chi connectivity index (χ2n) is 4.44. The van der Waals surface area contributed by atoms with Crippen LogP contribution < -0.4 is 10.5 Å². The predicted molar refractivity (Wildman–Crippen MR) is 101 cm³/mol. The number of hydrogen-bond donors (Lipinski definition) is 2. The van der Waals surface area contributed by atoms with Crippen molar-refractivity contribution in [3.05, 3.63) is 48.3 Å². The van der Waals surface area contributed by atoms with Gasteiger partial charge >= 0.3 is 5.97 Å². The van der Waals surface area contributed by atoms with E-state index in [1.807, 2.05) is 39.8 Å². The van der Waals surface area contributed by atoms with Crippen LogP contribution in [-0.2, 0) is 4.74 Å². The molecule has 0 atom stereocenters. The highest BCUT2D eigenvalue weighted by atomic mass is 16.5. The topological polar surface area (TPSA) is 90.2 Å². The van der Waals surface area contributed by atoms with E-state index in [1.54, 1.807) is 30.6 Å². The van der Waals surface area contributed by atoms with Crippen LogP contribution in [0.15, 0.2) is 42.7 Å². The lowest BCUT2D eigenvalue weighted by Crippen LogP contribution is -2.04. The zero-order valence-corrected chi connectivity index (χ0v) is 15.3. The van der Waals surface area contributed by atoms with Gasteiger partial charge in [-0.3, -0.25) is 0 Å². The average Bonchev–Trinajstić information content (AvgIpc) is 3.12. The third kappa shape index (κ3) is 4.97. The molecule has 6 heteroatoms. The van der Waals surface area contributed by atoms with Gasteiger partial charge in [0.05, 0.1) is 13.3 Å². The molecular weight excluding hydrogens is 318 g/mol. The van der Waals surface area contributed by atoms with Crippen molar-refractivity contribution in [1.29, 1.82) is 0 Å². The van der Waals surface area contributed by atoms with Gasteiger partial charge in [-0.25, -0.2) is 9.78 Å². The van der Waals surface area contributed by atoms with Gasteiger partial charge in [-0.2, -0.15) is 0 Å². The molecule has 0 saturated heterocycles. The van der Waals surface area contributed by atoms with E-state index in [-0.39, 0.29) is 0 Å². The third-order valence-electron chi connectivity index (χ3n) is 3.01. The number of methoxy groups -OCH3 is 1. The van der Waals surface area contributed by atoms with Crippen LogP contribution in [0.2, 0.25) is 0 Å². The predicted octanol–water partition coefficient (Wildman–Crippen LogP) is 4.78. The first-order valence-corrected chi connectivity index (χ1v) is 8.26. The summed E-state index contributed by atoms with van der Waals surface area (Å²) < 4.78 is 10.5. The zero-order chi connectivity index (χ0) is 18.8. The number of carbonyl (C=O) groups excluding carboxylic acids is 1. The van der Waals surface area contributed by atoms with Crippen LogP contribution in [0.3, 0.4) is 0 Å². The number of aromatic nitrogens is 2. The number of hydrogen-bond acceptors (Lipinski definition) is 5. The second-order valence-corrected chi connectivity index (χ2v) is 4.44. The number of fused-ring (bicyclic) bond motifs is 1. The molecule has 3 rings (SSSR count). The fourth-order valence-corrected chi connectivity index (χ4v) is 2.00. The lowest BCUT2D eigenvalue weighted by Gasteiger charge is -2.10. The number of carbonyl (C=O) groups is 1. The first-order valence-electron chi connectivity index (χ1n) is 8.26. The van der Waals surface area contributed by atoms with Gasteiger partial charge in [0.15, 0.2) is 0 Å². The molecule has 0 saturated carbocycles. The molecule has 25 heavy (non-hydrogen) atoms. The number of nitrogens with zero attached hydrogens (tertiary/aromatic N) is 1. The van der Waals surface area contributed by atoms with Gasteiger partial charge in [-0.05, 0) is 24.3 Å². The van der Waals surface area contributed by atoms with Crippen LogP contribution in [0, 0.1) is 0 Å². The van der Waals surface area contributed by atoms with Gasteiger partial charge in [0.25, 0.3) is 0 Å². The van der Waals surface area contributed by atoms with Crippen molar-refractivity contribution in [3.8, 4) is 11.5 Å². The lowest BCUT2D eigenvalue weighted by molar-refractivity contribution is 0.0598. The first-order chi connectivity index (χ1) is 12.2. The molecule has 3 N–H and O–H groups in total. The third-order valence-corrected chi connectivity index (χ3v) is 3.01. The Morgan fingerprint density at radius 1 is 1.12 bits per heavy atom. The van der Waals surface area contributed by atoms with Crippen molar-refractivity contribution < 1.29 is 14.3 Å². The molecule has 2 aromatic heterocycles. The number of ether oxygens (including phenoxy) is 2. The molecule has 6 nitrogen and oxygen atoms in total. The Labute approximate surface area is 148 Å². The SMILES string of the molecule is CC.CC.COC(=O)c1ccc(N)cc1Oc1cnc2[nH]ccc2c1. The molecule has 0 aliphatic heterocycles. The number of H-pyrrole nitrogens is 1. The van der Waals surface area contributed by atoms with Crippen LogP contribution in [0.5, 0.6) is 11.5 Å². The standard InChI is InChI=1S/C15H13N3O3.2C2H6/c1-20-15(19)12-3-2-10(16)7-13(12)21-11-6-9-4-5-17-14(9)18-8-11;2*1-2/h2-8H,16H2,1H3,(H,17,18);2*1-2H3. The number of nitrogens with one attached hydrogen (secondary N) is 1. The maximum atomic E-state index is 11.7. The smallest absolute Gasteiger partial charge is 0.341 e. The van der Waals surface area contributed by atoms with E-state index >= 15 is 0 Å². The maximum absolute atomic E-state index is 11.7. The van der Waals surface area contributed by atoms with Crippen molar-refractivity contribution in [2.45, 2.75) is 27.7 Å².